The molecular formula is C33H58O9. The highest BCUT2D eigenvalue weighted by Gasteiger charge is 2.07. The molecule has 244 valence electrons. The number of unbranched alkanes of at least 4 members (excludes halogenated alkanes) is 12. The first-order valence-electron chi connectivity index (χ1n) is 16.5. The van der Waals surface area contributed by atoms with Crippen LogP contribution in [0.4, 0.5) is 0 Å². The summed E-state index contributed by atoms with van der Waals surface area (Å²) in [4.78, 5) is 57.9. The molecule has 0 unspecified atom stereocenters. The second-order valence-corrected chi connectivity index (χ2v) is 11.0. The summed E-state index contributed by atoms with van der Waals surface area (Å²) in [5.41, 5.74) is 0. The number of ketones is 1. The Morgan fingerprint density at radius 1 is 0.357 bits per heavy atom. The van der Waals surface area contributed by atoms with Gasteiger partial charge in [-0.05, 0) is 90.4 Å². The van der Waals surface area contributed by atoms with E-state index in [1.165, 1.54) is 19.3 Å². The van der Waals surface area contributed by atoms with Crippen LogP contribution in [0.25, 0.3) is 0 Å². The van der Waals surface area contributed by atoms with Crippen molar-refractivity contribution in [1.29, 1.82) is 0 Å². The smallest absolute Gasteiger partial charge is 0.305 e. The quantitative estimate of drug-likeness (QED) is 0.0474. The van der Waals surface area contributed by atoms with Crippen LogP contribution in [0.15, 0.2) is 0 Å². The molecule has 9 heteroatoms. The van der Waals surface area contributed by atoms with Crippen LogP contribution < -0.4 is 0 Å². The van der Waals surface area contributed by atoms with Gasteiger partial charge in [0.25, 0.3) is 0 Å². The third-order valence-electron chi connectivity index (χ3n) is 6.79. The highest BCUT2D eigenvalue weighted by Crippen LogP contribution is 2.09. The SMILES string of the molecule is CCCCCCCC(=O)OCCCCCC(=O)OCCCCCC(=O)OCCCCCC(=O)OCCCCCC(C)=O. The van der Waals surface area contributed by atoms with Crippen molar-refractivity contribution < 1.29 is 42.9 Å². The zero-order chi connectivity index (χ0) is 31.1. The van der Waals surface area contributed by atoms with E-state index in [2.05, 4.69) is 6.92 Å². The van der Waals surface area contributed by atoms with E-state index >= 15 is 0 Å². The maximum Gasteiger partial charge on any atom is 0.305 e. The molecule has 0 saturated carbocycles. The molecular weight excluding hydrogens is 540 g/mol. The number of carbonyl (C=O) groups excluding carboxylic acids is 5. The summed E-state index contributed by atoms with van der Waals surface area (Å²) in [6.07, 6.45) is 16.9. The van der Waals surface area contributed by atoms with E-state index in [-0.39, 0.29) is 29.7 Å². The van der Waals surface area contributed by atoms with Crippen molar-refractivity contribution in [3.8, 4) is 0 Å². The number of hydrogen-bond donors (Lipinski definition) is 0. The van der Waals surface area contributed by atoms with Crippen molar-refractivity contribution in [2.75, 3.05) is 26.4 Å². The molecule has 0 rings (SSSR count). The fourth-order valence-electron chi connectivity index (χ4n) is 4.20. The van der Waals surface area contributed by atoms with E-state index in [0.29, 0.717) is 90.6 Å². The minimum absolute atomic E-state index is 0.128. The summed E-state index contributed by atoms with van der Waals surface area (Å²) in [6.45, 7) is 5.26. The van der Waals surface area contributed by atoms with Crippen LogP contribution in [0.2, 0.25) is 0 Å². The molecule has 0 amide bonds. The van der Waals surface area contributed by atoms with Crippen LogP contribution in [-0.4, -0.2) is 56.1 Å². The van der Waals surface area contributed by atoms with Crippen molar-refractivity contribution in [3.05, 3.63) is 0 Å². The predicted octanol–water partition coefficient (Wildman–Crippen LogP) is 7.35. The van der Waals surface area contributed by atoms with Crippen molar-refractivity contribution in [2.45, 2.75) is 155 Å². The minimum Gasteiger partial charge on any atom is -0.466 e. The van der Waals surface area contributed by atoms with Crippen LogP contribution in [0.3, 0.4) is 0 Å². The van der Waals surface area contributed by atoms with Gasteiger partial charge >= 0.3 is 23.9 Å². The highest BCUT2D eigenvalue weighted by molar-refractivity contribution is 5.75. The Kier molecular flexibility index (Phi) is 28.3. The van der Waals surface area contributed by atoms with Crippen molar-refractivity contribution >= 4 is 29.7 Å². The van der Waals surface area contributed by atoms with Gasteiger partial charge in [0.1, 0.15) is 5.78 Å². The molecule has 0 aliphatic carbocycles. The summed E-state index contributed by atoms with van der Waals surface area (Å²) in [5.74, 6) is -0.589. The van der Waals surface area contributed by atoms with Gasteiger partial charge in [0.2, 0.25) is 0 Å². The maximum absolute atomic E-state index is 11.8. The van der Waals surface area contributed by atoms with Crippen LogP contribution in [-0.2, 0) is 42.9 Å². The molecule has 0 N–H and O–H groups in total. The Morgan fingerprint density at radius 2 is 0.619 bits per heavy atom. The third kappa shape index (κ3) is 30.5. The van der Waals surface area contributed by atoms with E-state index in [9.17, 15) is 24.0 Å². The Hall–Kier alpha value is -2.45. The van der Waals surface area contributed by atoms with Gasteiger partial charge in [0.05, 0.1) is 26.4 Å². The molecule has 0 aromatic carbocycles. The topological polar surface area (TPSA) is 122 Å². The highest BCUT2D eigenvalue weighted by atomic mass is 16.5. The van der Waals surface area contributed by atoms with Crippen LogP contribution in [0.1, 0.15) is 155 Å². The average molecular weight is 599 g/mol. The van der Waals surface area contributed by atoms with Gasteiger partial charge in [-0.25, -0.2) is 0 Å². The second kappa shape index (κ2) is 30.0. The second-order valence-electron chi connectivity index (χ2n) is 11.0. The van der Waals surface area contributed by atoms with Gasteiger partial charge in [0.15, 0.2) is 0 Å². The van der Waals surface area contributed by atoms with E-state index in [4.69, 9.17) is 18.9 Å². The first-order valence-corrected chi connectivity index (χ1v) is 16.5. The number of ether oxygens (including phenoxy) is 4. The molecule has 0 aromatic rings. The fraction of sp³-hybridized carbons (Fsp3) is 0.848. The lowest BCUT2D eigenvalue weighted by Gasteiger charge is -2.07. The normalized spacial score (nSPS) is 10.7. The summed E-state index contributed by atoms with van der Waals surface area (Å²) >= 11 is 0. The Balaban J connectivity index is 3.42. The largest absolute Gasteiger partial charge is 0.466 e. The van der Waals surface area contributed by atoms with Gasteiger partial charge in [-0.2, -0.15) is 0 Å². The molecule has 0 radical (unpaired) electrons. The van der Waals surface area contributed by atoms with Gasteiger partial charge in [-0.1, -0.05) is 32.6 Å². The molecule has 0 saturated heterocycles. The lowest BCUT2D eigenvalue weighted by Crippen LogP contribution is -2.08. The van der Waals surface area contributed by atoms with Crippen molar-refractivity contribution in [2.24, 2.45) is 0 Å². The zero-order valence-electron chi connectivity index (χ0n) is 26.6. The van der Waals surface area contributed by atoms with Gasteiger partial charge < -0.3 is 23.7 Å². The van der Waals surface area contributed by atoms with Crippen LogP contribution >= 0.6 is 0 Å². The molecule has 0 bridgehead atoms. The molecule has 0 atom stereocenters. The molecule has 42 heavy (non-hydrogen) atoms. The molecule has 0 heterocycles. The zero-order valence-corrected chi connectivity index (χ0v) is 26.6. The van der Waals surface area contributed by atoms with E-state index in [0.717, 1.165) is 57.8 Å². The summed E-state index contributed by atoms with van der Waals surface area (Å²) in [5, 5.41) is 0. The molecule has 0 fully saturated rings. The molecule has 0 spiro atoms. The van der Waals surface area contributed by atoms with Gasteiger partial charge in [0, 0.05) is 32.1 Å². The Morgan fingerprint density at radius 3 is 0.905 bits per heavy atom. The summed E-state index contributed by atoms with van der Waals surface area (Å²) < 4.78 is 20.9. The number of esters is 4. The number of rotatable bonds is 30. The Bertz CT molecular complexity index is 720. The van der Waals surface area contributed by atoms with E-state index < -0.39 is 0 Å². The Labute approximate surface area is 254 Å². The fourth-order valence-corrected chi connectivity index (χ4v) is 4.20. The predicted molar refractivity (Wildman–Crippen MR) is 162 cm³/mol. The summed E-state index contributed by atoms with van der Waals surface area (Å²) in [7, 11) is 0. The summed E-state index contributed by atoms with van der Waals surface area (Å²) in [6, 6.07) is 0. The first kappa shape index (κ1) is 39.5. The standard InChI is InChI=1S/C33H58O9/c1-3-4-5-6-12-21-30(35)40-26-17-8-14-23-32(37)42-28-19-10-15-24-33(38)41-27-18-9-13-22-31(36)39-25-16-7-11-20-29(2)34/h3-28H2,1-2H3. The van der Waals surface area contributed by atoms with Crippen LogP contribution in [0.5, 0.6) is 0 Å². The van der Waals surface area contributed by atoms with Crippen molar-refractivity contribution in [3.63, 3.8) is 0 Å². The van der Waals surface area contributed by atoms with E-state index in [1.807, 2.05) is 0 Å². The maximum atomic E-state index is 11.8. The molecule has 0 aliphatic rings. The minimum atomic E-state index is -0.228. The number of Topliss-reactive ketones (excluding diaryl/α,β-unsaturated/α-hetero) is 1. The first-order chi connectivity index (χ1) is 20.3. The molecule has 0 aliphatic heterocycles. The average Bonchev–Trinajstić information content (AvgIpc) is 2.95. The molecule has 0 aromatic heterocycles. The van der Waals surface area contributed by atoms with Gasteiger partial charge in [-0.15, -0.1) is 0 Å². The molecule has 9 nitrogen and oxygen atoms in total. The van der Waals surface area contributed by atoms with Gasteiger partial charge in [-0.3, -0.25) is 19.2 Å². The number of carbonyl (C=O) groups is 5. The monoisotopic (exact) mass is 598 g/mol. The lowest BCUT2D eigenvalue weighted by molar-refractivity contribution is -0.145. The van der Waals surface area contributed by atoms with Crippen molar-refractivity contribution in [1.82, 2.24) is 0 Å². The lowest BCUT2D eigenvalue weighted by atomic mass is 10.1. The third-order valence-corrected chi connectivity index (χ3v) is 6.79. The van der Waals surface area contributed by atoms with Crippen LogP contribution in [0, 0.1) is 0 Å². The van der Waals surface area contributed by atoms with E-state index in [1.54, 1.807) is 6.92 Å². The number of hydrogen-bond acceptors (Lipinski definition) is 9.